The second-order valence-corrected chi connectivity index (χ2v) is 4.62. The largest absolute Gasteiger partial charge is 0.504 e. The van der Waals surface area contributed by atoms with E-state index in [2.05, 4.69) is 0 Å². The molecule has 0 aliphatic rings. The van der Waals surface area contributed by atoms with Crippen molar-refractivity contribution in [3.05, 3.63) is 45.4 Å². The quantitative estimate of drug-likeness (QED) is 0.521. The van der Waals surface area contributed by atoms with Crippen LogP contribution in [0.1, 0.15) is 0 Å². The summed E-state index contributed by atoms with van der Waals surface area (Å²) in [7, 11) is 0. The molecule has 4 nitrogen and oxygen atoms in total. The zero-order valence-corrected chi connectivity index (χ0v) is 9.90. The number of phenols is 2. The summed E-state index contributed by atoms with van der Waals surface area (Å²) in [5.41, 5.74) is 0.998. The molecule has 0 spiro atoms. The first-order valence-corrected chi connectivity index (χ1v) is 6.12. The van der Waals surface area contributed by atoms with Crippen molar-refractivity contribution < 1.29 is 14.6 Å². The van der Waals surface area contributed by atoms with Gasteiger partial charge in [-0.1, -0.05) is 0 Å². The molecular formula is C13H8O4S. The minimum atomic E-state index is -0.467. The van der Waals surface area contributed by atoms with Gasteiger partial charge in [-0.15, -0.1) is 0 Å². The molecule has 0 saturated carbocycles. The highest BCUT2D eigenvalue weighted by Crippen LogP contribution is 2.31. The number of hydrogen-bond donors (Lipinski definition) is 2. The highest BCUT2D eigenvalue weighted by Gasteiger charge is 2.10. The van der Waals surface area contributed by atoms with Crippen molar-refractivity contribution in [2.24, 2.45) is 0 Å². The molecule has 0 aliphatic carbocycles. The van der Waals surface area contributed by atoms with Crippen LogP contribution in [-0.2, 0) is 0 Å². The van der Waals surface area contributed by atoms with E-state index in [0.717, 1.165) is 5.56 Å². The van der Waals surface area contributed by atoms with Crippen molar-refractivity contribution in [3.63, 3.8) is 0 Å². The van der Waals surface area contributed by atoms with Crippen LogP contribution in [0.25, 0.3) is 22.1 Å². The van der Waals surface area contributed by atoms with Crippen LogP contribution < -0.4 is 5.63 Å². The summed E-state index contributed by atoms with van der Waals surface area (Å²) in [5, 5.41) is 23.1. The van der Waals surface area contributed by atoms with Crippen molar-refractivity contribution >= 4 is 22.3 Å². The Morgan fingerprint density at radius 2 is 1.89 bits per heavy atom. The predicted molar refractivity (Wildman–Crippen MR) is 69.1 cm³/mol. The standard InChI is InChI=1S/C13H8O4S/c14-10-4-8-3-9(7-1-2-18-6-7)13(16)17-12(8)5-11(10)15/h1-6,14-15H. The smallest absolute Gasteiger partial charge is 0.344 e. The Kier molecular flexibility index (Phi) is 2.34. The van der Waals surface area contributed by atoms with E-state index in [1.54, 1.807) is 6.07 Å². The molecule has 0 amide bonds. The summed E-state index contributed by atoms with van der Waals surface area (Å²) in [6, 6.07) is 6.05. The molecule has 3 aromatic rings. The molecule has 2 aromatic heterocycles. The van der Waals surface area contributed by atoms with E-state index in [4.69, 9.17) is 4.42 Å². The Balaban J connectivity index is 2.33. The average Bonchev–Trinajstić information content (AvgIpc) is 2.84. The van der Waals surface area contributed by atoms with Gasteiger partial charge in [0, 0.05) is 11.5 Å². The van der Waals surface area contributed by atoms with E-state index in [-0.39, 0.29) is 17.1 Å². The first-order chi connectivity index (χ1) is 8.65. The summed E-state index contributed by atoms with van der Waals surface area (Å²) in [5.74, 6) is -0.554. The molecule has 0 aliphatic heterocycles. The number of benzene rings is 1. The fraction of sp³-hybridized carbons (Fsp3) is 0. The average molecular weight is 260 g/mol. The van der Waals surface area contributed by atoms with E-state index in [1.165, 1.54) is 23.5 Å². The zero-order chi connectivity index (χ0) is 12.7. The van der Waals surface area contributed by atoms with Gasteiger partial charge in [-0.25, -0.2) is 4.79 Å². The van der Waals surface area contributed by atoms with Crippen molar-refractivity contribution in [2.75, 3.05) is 0 Å². The summed E-state index contributed by atoms with van der Waals surface area (Å²) in [4.78, 5) is 11.8. The second-order valence-electron chi connectivity index (χ2n) is 3.84. The number of aromatic hydroxyl groups is 2. The van der Waals surface area contributed by atoms with Crippen LogP contribution in [-0.4, -0.2) is 10.2 Å². The number of fused-ring (bicyclic) bond motifs is 1. The first kappa shape index (κ1) is 10.9. The fourth-order valence-corrected chi connectivity index (χ4v) is 2.42. The first-order valence-electron chi connectivity index (χ1n) is 5.17. The number of rotatable bonds is 1. The molecule has 0 fully saturated rings. The van der Waals surface area contributed by atoms with Crippen LogP contribution in [0.3, 0.4) is 0 Å². The monoisotopic (exact) mass is 260 g/mol. The van der Waals surface area contributed by atoms with Crippen LogP contribution in [0.2, 0.25) is 0 Å². The molecule has 0 radical (unpaired) electrons. The normalized spacial score (nSPS) is 10.9. The molecular weight excluding hydrogens is 252 g/mol. The van der Waals surface area contributed by atoms with Gasteiger partial charge in [0.2, 0.25) is 0 Å². The molecule has 0 atom stereocenters. The highest BCUT2D eigenvalue weighted by atomic mass is 32.1. The van der Waals surface area contributed by atoms with Crippen LogP contribution in [0.5, 0.6) is 11.5 Å². The van der Waals surface area contributed by atoms with Gasteiger partial charge in [0.1, 0.15) is 5.58 Å². The second kappa shape index (κ2) is 3.89. The molecule has 90 valence electrons. The third-order valence-corrected chi connectivity index (χ3v) is 3.34. The lowest BCUT2D eigenvalue weighted by Gasteiger charge is -2.02. The van der Waals surface area contributed by atoms with Crippen molar-refractivity contribution in [2.45, 2.75) is 0 Å². The molecule has 0 unspecified atom stereocenters. The third-order valence-electron chi connectivity index (χ3n) is 2.66. The summed E-state index contributed by atoms with van der Waals surface area (Å²) < 4.78 is 5.13. The molecule has 2 heterocycles. The van der Waals surface area contributed by atoms with Gasteiger partial charge in [-0.05, 0) is 34.5 Å². The molecule has 5 heteroatoms. The maximum Gasteiger partial charge on any atom is 0.344 e. The minimum absolute atomic E-state index is 0.243. The van der Waals surface area contributed by atoms with Gasteiger partial charge in [0.05, 0.1) is 5.56 Å². The number of phenolic OH excluding ortho intramolecular Hbond substituents is 2. The van der Waals surface area contributed by atoms with Gasteiger partial charge in [-0.2, -0.15) is 11.3 Å². The van der Waals surface area contributed by atoms with Crippen LogP contribution in [0.4, 0.5) is 0 Å². The third kappa shape index (κ3) is 1.65. The Hall–Kier alpha value is -2.27. The van der Waals surface area contributed by atoms with Crippen molar-refractivity contribution in [3.8, 4) is 22.6 Å². The Morgan fingerprint density at radius 1 is 1.11 bits per heavy atom. The van der Waals surface area contributed by atoms with E-state index in [1.807, 2.05) is 16.8 Å². The van der Waals surface area contributed by atoms with Gasteiger partial charge >= 0.3 is 5.63 Å². The van der Waals surface area contributed by atoms with E-state index >= 15 is 0 Å². The van der Waals surface area contributed by atoms with Crippen molar-refractivity contribution in [1.29, 1.82) is 0 Å². The van der Waals surface area contributed by atoms with Crippen LogP contribution in [0.15, 0.2) is 44.2 Å². The van der Waals surface area contributed by atoms with Gasteiger partial charge in [0.25, 0.3) is 0 Å². The lowest BCUT2D eigenvalue weighted by Crippen LogP contribution is -2.01. The zero-order valence-electron chi connectivity index (χ0n) is 9.08. The highest BCUT2D eigenvalue weighted by molar-refractivity contribution is 7.08. The summed E-state index contributed by atoms with van der Waals surface area (Å²) in [6.45, 7) is 0. The minimum Gasteiger partial charge on any atom is -0.504 e. The van der Waals surface area contributed by atoms with E-state index < -0.39 is 5.63 Å². The molecule has 18 heavy (non-hydrogen) atoms. The van der Waals surface area contributed by atoms with Gasteiger partial charge in [0.15, 0.2) is 11.5 Å². The van der Waals surface area contributed by atoms with Crippen molar-refractivity contribution in [1.82, 2.24) is 0 Å². The lowest BCUT2D eigenvalue weighted by molar-refractivity contribution is 0.403. The fourth-order valence-electron chi connectivity index (χ4n) is 1.76. The SMILES string of the molecule is O=c1oc2cc(O)c(O)cc2cc1-c1ccsc1. The summed E-state index contributed by atoms with van der Waals surface area (Å²) in [6.07, 6.45) is 0. The number of thiophene rings is 1. The molecule has 2 N–H and O–H groups in total. The number of hydrogen-bond acceptors (Lipinski definition) is 5. The Morgan fingerprint density at radius 3 is 2.61 bits per heavy atom. The van der Waals surface area contributed by atoms with Gasteiger partial charge in [-0.3, -0.25) is 0 Å². The van der Waals surface area contributed by atoms with E-state index in [9.17, 15) is 15.0 Å². The van der Waals surface area contributed by atoms with E-state index in [0.29, 0.717) is 10.9 Å². The lowest BCUT2D eigenvalue weighted by atomic mass is 10.1. The topological polar surface area (TPSA) is 70.7 Å². The van der Waals surface area contributed by atoms with Gasteiger partial charge < -0.3 is 14.6 Å². The maximum absolute atomic E-state index is 11.8. The van der Waals surface area contributed by atoms with Crippen LogP contribution in [0, 0.1) is 0 Å². The predicted octanol–water partition coefficient (Wildman–Crippen LogP) is 2.93. The molecule has 0 saturated heterocycles. The Bertz CT molecular complexity index is 772. The molecule has 3 rings (SSSR count). The Labute approximate surface area is 105 Å². The summed E-state index contributed by atoms with van der Waals surface area (Å²) >= 11 is 1.48. The molecule has 0 bridgehead atoms. The van der Waals surface area contributed by atoms with Crippen LogP contribution >= 0.6 is 11.3 Å². The maximum atomic E-state index is 11.8. The molecule has 1 aromatic carbocycles.